The van der Waals surface area contributed by atoms with Crippen LogP contribution in [0.2, 0.25) is 5.02 Å². The number of alkyl halides is 3. The lowest BCUT2D eigenvalue weighted by molar-refractivity contribution is -0.185. The Bertz CT molecular complexity index is 1050. The molecule has 2 atom stereocenters. The summed E-state index contributed by atoms with van der Waals surface area (Å²) in [5.41, 5.74) is 4.58. The SMILES string of the molecule is C[C@]1(C(N)=O)COc2c1cc([C@@](C=O)(CN)C(F)(F)F)nc2-c1cc(Cl)ccc1F. The summed E-state index contributed by atoms with van der Waals surface area (Å²) >= 11 is 5.92. The van der Waals surface area contributed by atoms with Crippen molar-refractivity contribution in [2.45, 2.75) is 23.9 Å². The molecule has 160 valence electrons. The summed E-state index contributed by atoms with van der Waals surface area (Å²) in [6, 6.07) is 4.30. The van der Waals surface area contributed by atoms with Gasteiger partial charge >= 0.3 is 6.18 Å². The maximum atomic E-state index is 14.5. The van der Waals surface area contributed by atoms with Gasteiger partial charge in [0.15, 0.2) is 5.41 Å². The molecule has 2 heterocycles. The molecule has 0 saturated heterocycles. The molecule has 0 spiro atoms. The van der Waals surface area contributed by atoms with Gasteiger partial charge in [-0.3, -0.25) is 4.79 Å². The molecule has 11 heteroatoms. The van der Waals surface area contributed by atoms with Gasteiger partial charge in [0, 0.05) is 22.7 Å². The minimum absolute atomic E-state index is 0.0571. The Balaban J connectivity index is 2.44. The number of carbonyl (C=O) groups is 2. The van der Waals surface area contributed by atoms with Gasteiger partial charge in [0.1, 0.15) is 35.6 Å². The van der Waals surface area contributed by atoms with Gasteiger partial charge in [-0.15, -0.1) is 0 Å². The van der Waals surface area contributed by atoms with Crippen molar-refractivity contribution in [3.63, 3.8) is 0 Å². The van der Waals surface area contributed by atoms with E-state index in [4.69, 9.17) is 27.8 Å². The second-order valence-electron chi connectivity index (χ2n) is 7.13. The summed E-state index contributed by atoms with van der Waals surface area (Å²) in [6.07, 6.45) is -5.48. The first-order valence-corrected chi connectivity index (χ1v) is 8.96. The highest BCUT2D eigenvalue weighted by Gasteiger charge is 2.58. The van der Waals surface area contributed by atoms with E-state index in [2.05, 4.69) is 4.98 Å². The van der Waals surface area contributed by atoms with Gasteiger partial charge in [-0.25, -0.2) is 9.37 Å². The zero-order chi connectivity index (χ0) is 22.5. The largest absolute Gasteiger partial charge is 0.489 e. The molecule has 0 bridgehead atoms. The Morgan fingerprint density at radius 2 is 2.03 bits per heavy atom. The number of halogens is 5. The molecule has 0 saturated carbocycles. The average Bonchev–Trinajstić information content (AvgIpc) is 3.02. The van der Waals surface area contributed by atoms with Crippen LogP contribution in [0.25, 0.3) is 11.3 Å². The number of aromatic nitrogens is 1. The number of fused-ring (bicyclic) bond motifs is 1. The van der Waals surface area contributed by atoms with E-state index >= 15 is 0 Å². The van der Waals surface area contributed by atoms with Crippen molar-refractivity contribution in [1.82, 2.24) is 4.98 Å². The van der Waals surface area contributed by atoms with Crippen LogP contribution in [0.4, 0.5) is 17.6 Å². The average molecular weight is 446 g/mol. The summed E-state index contributed by atoms with van der Waals surface area (Å²) in [5.74, 6) is -1.86. The predicted octanol–water partition coefficient (Wildman–Crippen LogP) is 2.63. The first-order valence-electron chi connectivity index (χ1n) is 8.58. The first-order chi connectivity index (χ1) is 13.9. The van der Waals surface area contributed by atoms with Crippen molar-refractivity contribution in [3.8, 4) is 17.0 Å². The number of benzene rings is 1. The zero-order valence-electron chi connectivity index (χ0n) is 15.5. The Kier molecular flexibility index (Phi) is 5.28. The third-order valence-corrected chi connectivity index (χ3v) is 5.52. The lowest BCUT2D eigenvalue weighted by atomic mass is 9.79. The van der Waals surface area contributed by atoms with E-state index in [0.29, 0.717) is 0 Å². The molecule has 0 unspecified atom stereocenters. The second kappa shape index (κ2) is 7.21. The van der Waals surface area contributed by atoms with Crippen molar-refractivity contribution in [2.75, 3.05) is 13.2 Å². The number of aldehydes is 1. The highest BCUT2D eigenvalue weighted by Crippen LogP contribution is 2.48. The third kappa shape index (κ3) is 3.10. The molecule has 30 heavy (non-hydrogen) atoms. The van der Waals surface area contributed by atoms with Crippen molar-refractivity contribution in [2.24, 2.45) is 11.5 Å². The molecule has 0 fully saturated rings. The van der Waals surface area contributed by atoms with Crippen molar-refractivity contribution < 1.29 is 31.9 Å². The van der Waals surface area contributed by atoms with Crippen molar-refractivity contribution in [1.29, 1.82) is 0 Å². The molecule has 2 aromatic rings. The van der Waals surface area contributed by atoms with Crippen LogP contribution in [0.3, 0.4) is 0 Å². The van der Waals surface area contributed by atoms with Crippen LogP contribution in [-0.2, 0) is 20.4 Å². The van der Waals surface area contributed by atoms with Crippen LogP contribution in [-0.4, -0.2) is 36.5 Å². The molecule has 0 radical (unpaired) electrons. The maximum Gasteiger partial charge on any atom is 0.407 e. The summed E-state index contributed by atoms with van der Waals surface area (Å²) in [7, 11) is 0. The number of nitrogens with zero attached hydrogens (tertiary/aromatic N) is 1. The van der Waals surface area contributed by atoms with Gasteiger partial charge in [-0.2, -0.15) is 13.2 Å². The number of nitrogens with two attached hydrogens (primary N) is 2. The second-order valence-corrected chi connectivity index (χ2v) is 7.57. The van der Waals surface area contributed by atoms with E-state index < -0.39 is 41.0 Å². The molecule has 0 aliphatic carbocycles. The van der Waals surface area contributed by atoms with Crippen LogP contribution < -0.4 is 16.2 Å². The number of primary amides is 1. The Morgan fingerprint density at radius 1 is 1.37 bits per heavy atom. The summed E-state index contributed by atoms with van der Waals surface area (Å²) in [5, 5.41) is 0.0827. The molecule has 4 N–H and O–H groups in total. The van der Waals surface area contributed by atoms with Crippen molar-refractivity contribution in [3.05, 3.63) is 46.4 Å². The van der Waals surface area contributed by atoms with E-state index in [-0.39, 0.29) is 40.5 Å². The van der Waals surface area contributed by atoms with Crippen LogP contribution in [0.15, 0.2) is 24.3 Å². The third-order valence-electron chi connectivity index (χ3n) is 5.29. The van der Waals surface area contributed by atoms with E-state index in [0.717, 1.165) is 18.2 Å². The number of rotatable bonds is 5. The normalized spacial score (nSPS) is 20.2. The topological polar surface area (TPSA) is 108 Å². The molecule has 3 rings (SSSR count). The molecule has 1 aliphatic heterocycles. The molecular weight excluding hydrogens is 430 g/mol. The summed E-state index contributed by atoms with van der Waals surface area (Å²) in [4.78, 5) is 27.6. The Morgan fingerprint density at radius 3 is 2.57 bits per heavy atom. The highest BCUT2D eigenvalue weighted by atomic mass is 35.5. The molecular formula is C19H16ClF4N3O3. The fourth-order valence-corrected chi connectivity index (χ4v) is 3.39. The predicted molar refractivity (Wildman–Crippen MR) is 99.5 cm³/mol. The lowest BCUT2D eigenvalue weighted by Gasteiger charge is -2.30. The number of carbonyl (C=O) groups excluding carboxylic acids is 2. The van der Waals surface area contributed by atoms with Crippen LogP contribution in [0.1, 0.15) is 18.2 Å². The summed E-state index contributed by atoms with van der Waals surface area (Å²) < 4.78 is 61.7. The Hall–Kier alpha value is -2.72. The fourth-order valence-electron chi connectivity index (χ4n) is 3.22. The number of hydrogen-bond donors (Lipinski definition) is 2. The fraction of sp³-hybridized carbons (Fsp3) is 0.316. The van der Waals surface area contributed by atoms with Gasteiger partial charge < -0.3 is 21.0 Å². The van der Waals surface area contributed by atoms with Gasteiger partial charge in [0.25, 0.3) is 0 Å². The quantitative estimate of drug-likeness (QED) is 0.543. The molecule has 1 aromatic carbocycles. The van der Waals surface area contributed by atoms with E-state index in [1.54, 1.807) is 0 Å². The van der Waals surface area contributed by atoms with Gasteiger partial charge in [-0.1, -0.05) is 11.6 Å². The molecule has 1 amide bonds. The zero-order valence-corrected chi connectivity index (χ0v) is 16.3. The maximum absolute atomic E-state index is 14.5. The standard InChI is InChI=1S/C19H16ClF4N3O3/c1-17(16(26)29)8-30-15-11(17)5-13(18(6-25,7-28)19(22,23)24)27-14(15)10-4-9(20)2-3-12(10)21/h2-5,7H,6,8,25H2,1H3,(H2,26,29)/t17-,18-/m0/s1. The van der Waals surface area contributed by atoms with E-state index in [1.165, 1.54) is 13.0 Å². The molecule has 1 aliphatic rings. The van der Waals surface area contributed by atoms with Gasteiger partial charge in [-0.05, 0) is 31.2 Å². The van der Waals surface area contributed by atoms with E-state index in [1.807, 2.05) is 0 Å². The number of pyridine rings is 1. The summed E-state index contributed by atoms with van der Waals surface area (Å²) in [6.45, 7) is -0.0974. The smallest absolute Gasteiger partial charge is 0.407 e. The van der Waals surface area contributed by atoms with Crippen molar-refractivity contribution >= 4 is 23.8 Å². The Labute approximate surface area is 173 Å². The lowest BCUT2D eigenvalue weighted by Crippen LogP contribution is -2.50. The van der Waals surface area contributed by atoms with Crippen LogP contribution in [0, 0.1) is 5.82 Å². The van der Waals surface area contributed by atoms with E-state index in [9.17, 15) is 27.2 Å². The highest BCUT2D eigenvalue weighted by molar-refractivity contribution is 6.30. The number of ether oxygens (including phenoxy) is 1. The van der Waals surface area contributed by atoms with Gasteiger partial charge in [0.05, 0.1) is 5.69 Å². The first kappa shape index (κ1) is 22.0. The molecule has 6 nitrogen and oxygen atoms in total. The van der Waals surface area contributed by atoms with Gasteiger partial charge in [0.2, 0.25) is 5.91 Å². The number of hydrogen-bond acceptors (Lipinski definition) is 5. The molecule has 1 aromatic heterocycles. The minimum Gasteiger partial charge on any atom is -0.489 e. The minimum atomic E-state index is -5.11. The monoisotopic (exact) mass is 445 g/mol. The number of amides is 1. The van der Waals surface area contributed by atoms with Crippen LogP contribution in [0.5, 0.6) is 5.75 Å². The van der Waals surface area contributed by atoms with Crippen LogP contribution >= 0.6 is 11.6 Å².